The summed E-state index contributed by atoms with van der Waals surface area (Å²) in [5.41, 5.74) is 2.51. The van der Waals surface area contributed by atoms with E-state index in [0.29, 0.717) is 11.7 Å². The van der Waals surface area contributed by atoms with Gasteiger partial charge in [0.15, 0.2) is 11.5 Å². The summed E-state index contributed by atoms with van der Waals surface area (Å²) in [6.07, 6.45) is 6.50. The number of hydrogen-bond acceptors (Lipinski definition) is 2. The summed E-state index contributed by atoms with van der Waals surface area (Å²) in [5.74, 6) is -0.247. The van der Waals surface area contributed by atoms with Crippen molar-refractivity contribution in [1.82, 2.24) is 14.7 Å². The Kier molecular flexibility index (Phi) is 3.04. The number of pyridine rings is 1. The van der Waals surface area contributed by atoms with Gasteiger partial charge in [-0.15, -0.1) is 0 Å². The molecule has 1 fully saturated rings. The van der Waals surface area contributed by atoms with E-state index in [1.807, 2.05) is 17.5 Å². The van der Waals surface area contributed by atoms with Crippen molar-refractivity contribution in [2.24, 2.45) is 0 Å². The molecule has 1 aliphatic heterocycles. The van der Waals surface area contributed by atoms with Crippen molar-refractivity contribution in [2.75, 3.05) is 6.54 Å². The van der Waals surface area contributed by atoms with Crippen LogP contribution in [0.3, 0.4) is 0 Å². The molecule has 1 atom stereocenters. The minimum Gasteiger partial charge on any atom is -0.314 e. The molecule has 1 aliphatic rings. The summed E-state index contributed by atoms with van der Waals surface area (Å²) >= 11 is 0. The predicted molar refractivity (Wildman–Crippen MR) is 69.2 cm³/mol. The highest BCUT2D eigenvalue weighted by Crippen LogP contribution is 2.18. The number of nitrogens with zero attached hydrogens (tertiary/aromatic N) is 2. The first-order valence-corrected chi connectivity index (χ1v) is 6.61. The predicted octanol–water partition coefficient (Wildman–Crippen LogP) is 2.47. The van der Waals surface area contributed by atoms with Gasteiger partial charge in [-0.05, 0) is 38.4 Å². The molecule has 3 nitrogen and oxygen atoms in total. The number of nitrogens with one attached hydrogen (secondary N) is 1. The molecular weight excluding hydrogens is 229 g/mol. The summed E-state index contributed by atoms with van der Waals surface area (Å²) in [6, 6.07) is 3.68. The quantitative estimate of drug-likeness (QED) is 0.883. The van der Waals surface area contributed by atoms with E-state index >= 15 is 0 Å². The molecule has 0 amide bonds. The van der Waals surface area contributed by atoms with Crippen LogP contribution >= 0.6 is 0 Å². The number of piperidine rings is 1. The summed E-state index contributed by atoms with van der Waals surface area (Å²) in [5, 5.41) is 3.51. The van der Waals surface area contributed by atoms with Crippen LogP contribution in [-0.2, 0) is 6.42 Å². The smallest absolute Gasteiger partial charge is 0.173 e. The van der Waals surface area contributed by atoms with Crippen molar-refractivity contribution < 1.29 is 4.39 Å². The van der Waals surface area contributed by atoms with E-state index in [0.717, 1.165) is 24.4 Å². The fourth-order valence-corrected chi connectivity index (χ4v) is 2.72. The Morgan fingerprint density at radius 3 is 3.11 bits per heavy atom. The molecule has 1 N–H and O–H groups in total. The molecule has 0 spiro atoms. The third-order valence-electron chi connectivity index (χ3n) is 3.79. The normalized spacial score (nSPS) is 20.4. The third-order valence-corrected chi connectivity index (χ3v) is 3.79. The van der Waals surface area contributed by atoms with Crippen LogP contribution in [0.4, 0.5) is 4.39 Å². The topological polar surface area (TPSA) is 29.3 Å². The largest absolute Gasteiger partial charge is 0.314 e. The molecule has 0 bridgehead atoms. The molecule has 96 valence electrons. The lowest BCUT2D eigenvalue weighted by Gasteiger charge is -2.22. The van der Waals surface area contributed by atoms with Gasteiger partial charge in [0, 0.05) is 24.4 Å². The van der Waals surface area contributed by atoms with Gasteiger partial charge in [-0.1, -0.05) is 6.42 Å². The van der Waals surface area contributed by atoms with Crippen molar-refractivity contribution in [3.8, 4) is 0 Å². The van der Waals surface area contributed by atoms with Crippen molar-refractivity contribution in [2.45, 2.75) is 38.6 Å². The van der Waals surface area contributed by atoms with Gasteiger partial charge in [0.2, 0.25) is 0 Å². The Morgan fingerprint density at radius 2 is 2.39 bits per heavy atom. The van der Waals surface area contributed by atoms with Crippen LogP contribution in [-0.4, -0.2) is 22.0 Å². The Morgan fingerprint density at radius 1 is 1.50 bits per heavy atom. The first kappa shape index (κ1) is 11.7. The highest BCUT2D eigenvalue weighted by molar-refractivity contribution is 5.44. The molecule has 3 rings (SSSR count). The second kappa shape index (κ2) is 4.69. The minimum absolute atomic E-state index is 0.247. The van der Waals surface area contributed by atoms with Crippen LogP contribution in [0.2, 0.25) is 0 Å². The fourth-order valence-electron chi connectivity index (χ4n) is 2.72. The number of aromatic nitrogens is 2. The van der Waals surface area contributed by atoms with Crippen LogP contribution in [0.25, 0.3) is 5.65 Å². The zero-order valence-electron chi connectivity index (χ0n) is 10.6. The maximum Gasteiger partial charge on any atom is 0.173 e. The first-order valence-electron chi connectivity index (χ1n) is 6.61. The lowest BCUT2D eigenvalue weighted by molar-refractivity contribution is 0.397. The molecule has 1 saturated heterocycles. The molecule has 0 aromatic carbocycles. The van der Waals surface area contributed by atoms with E-state index in [9.17, 15) is 4.39 Å². The average Bonchev–Trinajstić information content (AvgIpc) is 2.70. The lowest BCUT2D eigenvalue weighted by Crippen LogP contribution is -2.35. The molecule has 0 unspecified atom stereocenters. The Bertz CT molecular complexity index is 555. The lowest BCUT2D eigenvalue weighted by atomic mass is 10.00. The van der Waals surface area contributed by atoms with E-state index in [-0.39, 0.29) is 5.82 Å². The molecule has 0 aliphatic carbocycles. The second-order valence-electron chi connectivity index (χ2n) is 5.04. The number of imidazole rings is 1. The minimum atomic E-state index is -0.247. The summed E-state index contributed by atoms with van der Waals surface area (Å²) < 4.78 is 15.5. The monoisotopic (exact) mass is 247 g/mol. The first-order chi connectivity index (χ1) is 8.75. The van der Waals surface area contributed by atoms with Crippen molar-refractivity contribution in [3.05, 3.63) is 35.5 Å². The van der Waals surface area contributed by atoms with Crippen molar-refractivity contribution in [1.29, 1.82) is 0 Å². The number of hydrogen-bond donors (Lipinski definition) is 1. The highest BCUT2D eigenvalue weighted by Gasteiger charge is 2.17. The Balaban J connectivity index is 1.92. The second-order valence-corrected chi connectivity index (χ2v) is 5.04. The van der Waals surface area contributed by atoms with Crippen LogP contribution in [0.15, 0.2) is 18.3 Å². The van der Waals surface area contributed by atoms with Gasteiger partial charge >= 0.3 is 0 Å². The average molecular weight is 247 g/mol. The van der Waals surface area contributed by atoms with Gasteiger partial charge in [-0.25, -0.2) is 9.37 Å². The van der Waals surface area contributed by atoms with E-state index in [4.69, 9.17) is 0 Å². The van der Waals surface area contributed by atoms with Crippen molar-refractivity contribution in [3.63, 3.8) is 0 Å². The Labute approximate surface area is 106 Å². The summed E-state index contributed by atoms with van der Waals surface area (Å²) in [6.45, 7) is 3.10. The summed E-state index contributed by atoms with van der Waals surface area (Å²) in [4.78, 5) is 4.45. The number of fused-ring (bicyclic) bond motifs is 1. The Hall–Kier alpha value is -1.42. The molecule has 2 aromatic heterocycles. The van der Waals surface area contributed by atoms with Crippen LogP contribution in [0.1, 0.15) is 30.7 Å². The molecule has 4 heteroatoms. The van der Waals surface area contributed by atoms with Crippen LogP contribution in [0, 0.1) is 12.7 Å². The van der Waals surface area contributed by atoms with Crippen molar-refractivity contribution >= 4 is 5.65 Å². The van der Waals surface area contributed by atoms with Gasteiger partial charge < -0.3 is 9.72 Å². The molecule has 3 heterocycles. The molecule has 0 saturated carbocycles. The molecular formula is C14H18FN3. The zero-order chi connectivity index (χ0) is 12.5. The third kappa shape index (κ3) is 2.01. The number of halogens is 1. The van der Waals surface area contributed by atoms with Gasteiger partial charge in [0.25, 0.3) is 0 Å². The van der Waals surface area contributed by atoms with Gasteiger partial charge in [0.1, 0.15) is 0 Å². The van der Waals surface area contributed by atoms with Gasteiger partial charge in [0.05, 0.1) is 5.69 Å². The maximum absolute atomic E-state index is 13.7. The maximum atomic E-state index is 13.7. The molecule has 18 heavy (non-hydrogen) atoms. The standard InChI is InChI=1S/C14H18FN3/c1-10-13(9-11-5-2-3-7-16-11)17-14-12(15)6-4-8-18(10)14/h4,6,8,11,16H,2-3,5,7,9H2,1H3/t11-/m0/s1. The zero-order valence-corrected chi connectivity index (χ0v) is 10.6. The van der Waals surface area contributed by atoms with E-state index in [1.165, 1.54) is 25.3 Å². The SMILES string of the molecule is Cc1c(C[C@@H]2CCCCN2)nc2c(F)cccn12. The van der Waals surface area contributed by atoms with E-state index < -0.39 is 0 Å². The molecule has 2 aromatic rings. The number of aryl methyl sites for hydroxylation is 1. The van der Waals surface area contributed by atoms with E-state index in [2.05, 4.69) is 10.3 Å². The number of rotatable bonds is 2. The van der Waals surface area contributed by atoms with Gasteiger partial charge in [-0.3, -0.25) is 0 Å². The van der Waals surface area contributed by atoms with Crippen LogP contribution in [0.5, 0.6) is 0 Å². The highest BCUT2D eigenvalue weighted by atomic mass is 19.1. The fraction of sp³-hybridized carbons (Fsp3) is 0.500. The molecule has 0 radical (unpaired) electrons. The summed E-state index contributed by atoms with van der Waals surface area (Å²) in [7, 11) is 0. The van der Waals surface area contributed by atoms with Gasteiger partial charge in [-0.2, -0.15) is 0 Å². The van der Waals surface area contributed by atoms with E-state index in [1.54, 1.807) is 6.07 Å². The van der Waals surface area contributed by atoms with Crippen LogP contribution < -0.4 is 5.32 Å².